The summed E-state index contributed by atoms with van der Waals surface area (Å²) in [5, 5.41) is 2.97. The van der Waals surface area contributed by atoms with Crippen LogP contribution in [0.25, 0.3) is 0 Å². The molecule has 0 saturated heterocycles. The molecule has 0 aliphatic rings. The van der Waals surface area contributed by atoms with Crippen molar-refractivity contribution in [3.63, 3.8) is 0 Å². The summed E-state index contributed by atoms with van der Waals surface area (Å²) >= 11 is 0. The standard InChI is InChI=1S/C10H17N5O2/c1-10(2,9(12)16)4-13-8-6(17-3)7(11)14-5-15-8/h5H,4H2,1-3H3,(H2,12,16)(H3,11,13,14,15). The van der Waals surface area contributed by atoms with E-state index >= 15 is 0 Å². The molecule has 0 atom stereocenters. The van der Waals surface area contributed by atoms with Crippen molar-refractivity contribution < 1.29 is 9.53 Å². The van der Waals surface area contributed by atoms with Gasteiger partial charge >= 0.3 is 0 Å². The van der Waals surface area contributed by atoms with Gasteiger partial charge in [0.2, 0.25) is 11.7 Å². The number of nitrogens with two attached hydrogens (primary N) is 2. The molecule has 0 spiro atoms. The maximum absolute atomic E-state index is 11.2. The first kappa shape index (κ1) is 13.0. The number of nitrogen functional groups attached to an aromatic ring is 1. The van der Waals surface area contributed by atoms with Crippen LogP contribution in [0.15, 0.2) is 6.33 Å². The lowest BCUT2D eigenvalue weighted by Gasteiger charge is -2.21. The highest BCUT2D eigenvalue weighted by Crippen LogP contribution is 2.27. The van der Waals surface area contributed by atoms with E-state index in [2.05, 4.69) is 15.3 Å². The number of carbonyl (C=O) groups excluding carboxylic acids is 1. The average Bonchev–Trinajstić information content (AvgIpc) is 2.26. The van der Waals surface area contributed by atoms with Crippen LogP contribution in [0.3, 0.4) is 0 Å². The van der Waals surface area contributed by atoms with Crippen LogP contribution in [0.4, 0.5) is 11.6 Å². The molecule has 7 heteroatoms. The van der Waals surface area contributed by atoms with Gasteiger partial charge in [0.15, 0.2) is 11.6 Å². The molecular weight excluding hydrogens is 222 g/mol. The van der Waals surface area contributed by atoms with Crippen molar-refractivity contribution in [2.45, 2.75) is 13.8 Å². The topological polar surface area (TPSA) is 116 Å². The van der Waals surface area contributed by atoms with Gasteiger partial charge in [0.05, 0.1) is 12.5 Å². The Morgan fingerprint density at radius 1 is 1.53 bits per heavy atom. The van der Waals surface area contributed by atoms with Crippen molar-refractivity contribution in [2.24, 2.45) is 11.1 Å². The first-order chi connectivity index (χ1) is 7.88. The number of primary amides is 1. The number of nitrogens with one attached hydrogen (secondary N) is 1. The average molecular weight is 239 g/mol. The zero-order valence-corrected chi connectivity index (χ0v) is 10.2. The van der Waals surface area contributed by atoms with Crippen LogP contribution in [0, 0.1) is 5.41 Å². The molecule has 0 aromatic carbocycles. The van der Waals surface area contributed by atoms with E-state index < -0.39 is 11.3 Å². The van der Waals surface area contributed by atoms with E-state index in [-0.39, 0.29) is 5.82 Å². The third-order valence-corrected chi connectivity index (χ3v) is 2.40. The molecule has 5 N–H and O–H groups in total. The van der Waals surface area contributed by atoms with Crippen LogP contribution < -0.4 is 21.5 Å². The summed E-state index contributed by atoms with van der Waals surface area (Å²) in [5.41, 5.74) is 10.2. The number of hydrogen-bond acceptors (Lipinski definition) is 6. The Balaban J connectivity index is 2.83. The monoisotopic (exact) mass is 239 g/mol. The number of ether oxygens (including phenoxy) is 1. The molecule has 0 unspecified atom stereocenters. The molecule has 1 aromatic rings. The van der Waals surface area contributed by atoms with Crippen LogP contribution in [0.1, 0.15) is 13.8 Å². The molecule has 0 aliphatic carbocycles. The molecule has 94 valence electrons. The Morgan fingerprint density at radius 2 is 2.18 bits per heavy atom. The maximum Gasteiger partial charge on any atom is 0.224 e. The van der Waals surface area contributed by atoms with Gasteiger partial charge in [-0.25, -0.2) is 9.97 Å². The molecule has 1 aromatic heterocycles. The van der Waals surface area contributed by atoms with Crippen LogP contribution in [-0.4, -0.2) is 29.5 Å². The van der Waals surface area contributed by atoms with E-state index in [1.807, 2.05) is 0 Å². The van der Waals surface area contributed by atoms with Crippen LogP contribution in [-0.2, 0) is 4.79 Å². The van der Waals surface area contributed by atoms with Gasteiger partial charge in [-0.15, -0.1) is 0 Å². The van der Waals surface area contributed by atoms with Gasteiger partial charge in [-0.05, 0) is 13.8 Å². The molecule has 17 heavy (non-hydrogen) atoms. The summed E-state index contributed by atoms with van der Waals surface area (Å²) < 4.78 is 5.07. The number of anilines is 2. The number of carbonyl (C=O) groups is 1. The van der Waals surface area contributed by atoms with E-state index in [4.69, 9.17) is 16.2 Å². The molecule has 1 rings (SSSR count). The third-order valence-electron chi connectivity index (χ3n) is 2.40. The summed E-state index contributed by atoms with van der Waals surface area (Å²) in [6.45, 7) is 3.80. The highest BCUT2D eigenvalue weighted by molar-refractivity contribution is 5.80. The zero-order chi connectivity index (χ0) is 13.1. The summed E-state index contributed by atoms with van der Waals surface area (Å²) in [5.74, 6) is 0.634. The normalized spacial score (nSPS) is 11.0. The Morgan fingerprint density at radius 3 is 2.71 bits per heavy atom. The second-order valence-corrected chi connectivity index (χ2v) is 4.24. The predicted octanol–water partition coefficient (Wildman–Crippen LogP) is -0.00920. The molecule has 0 fully saturated rings. The fourth-order valence-electron chi connectivity index (χ4n) is 1.11. The minimum atomic E-state index is -0.690. The Labute approximate surface area is 99.6 Å². The number of nitrogens with zero attached hydrogens (tertiary/aromatic N) is 2. The molecule has 0 aliphatic heterocycles. The lowest BCUT2D eigenvalue weighted by atomic mass is 9.93. The van der Waals surface area contributed by atoms with Crippen molar-refractivity contribution in [2.75, 3.05) is 24.7 Å². The number of methoxy groups -OCH3 is 1. The highest BCUT2D eigenvalue weighted by atomic mass is 16.5. The van der Waals surface area contributed by atoms with Crippen LogP contribution >= 0.6 is 0 Å². The summed E-state index contributed by atoms with van der Waals surface area (Å²) in [4.78, 5) is 19.0. The van der Waals surface area contributed by atoms with E-state index in [0.29, 0.717) is 18.1 Å². The number of aromatic nitrogens is 2. The minimum Gasteiger partial charge on any atom is -0.490 e. The third kappa shape index (κ3) is 2.96. The van der Waals surface area contributed by atoms with Crippen LogP contribution in [0.2, 0.25) is 0 Å². The van der Waals surface area contributed by atoms with E-state index in [1.165, 1.54) is 13.4 Å². The smallest absolute Gasteiger partial charge is 0.224 e. The van der Waals surface area contributed by atoms with Crippen LogP contribution in [0.5, 0.6) is 5.75 Å². The first-order valence-corrected chi connectivity index (χ1v) is 5.06. The molecule has 1 heterocycles. The fraction of sp³-hybridized carbons (Fsp3) is 0.500. The SMILES string of the molecule is COc1c(N)ncnc1NCC(C)(C)C(N)=O. The van der Waals surface area contributed by atoms with Crippen molar-refractivity contribution >= 4 is 17.5 Å². The van der Waals surface area contributed by atoms with Crippen molar-refractivity contribution in [1.82, 2.24) is 9.97 Å². The Hall–Kier alpha value is -2.05. The molecular formula is C10H17N5O2. The van der Waals surface area contributed by atoms with Gasteiger partial charge in [-0.1, -0.05) is 0 Å². The minimum absolute atomic E-state index is 0.238. The van der Waals surface area contributed by atoms with Crippen molar-refractivity contribution in [1.29, 1.82) is 0 Å². The van der Waals surface area contributed by atoms with Gasteiger partial charge < -0.3 is 21.5 Å². The van der Waals surface area contributed by atoms with E-state index in [9.17, 15) is 4.79 Å². The van der Waals surface area contributed by atoms with Gasteiger partial charge in [0.25, 0.3) is 0 Å². The molecule has 0 radical (unpaired) electrons. The lowest BCUT2D eigenvalue weighted by molar-refractivity contribution is -0.125. The molecule has 1 amide bonds. The summed E-state index contributed by atoms with van der Waals surface area (Å²) in [6, 6.07) is 0. The fourth-order valence-corrected chi connectivity index (χ4v) is 1.11. The quantitative estimate of drug-likeness (QED) is 0.665. The van der Waals surface area contributed by atoms with E-state index in [1.54, 1.807) is 13.8 Å². The largest absolute Gasteiger partial charge is 0.490 e. The van der Waals surface area contributed by atoms with Crippen molar-refractivity contribution in [3.8, 4) is 5.75 Å². The molecule has 0 bridgehead atoms. The Kier molecular flexibility index (Phi) is 3.72. The van der Waals surface area contributed by atoms with Gasteiger partial charge in [0, 0.05) is 6.54 Å². The van der Waals surface area contributed by atoms with E-state index in [0.717, 1.165) is 0 Å². The summed E-state index contributed by atoms with van der Waals surface area (Å²) in [6.07, 6.45) is 1.32. The predicted molar refractivity (Wildman–Crippen MR) is 64.5 cm³/mol. The second-order valence-electron chi connectivity index (χ2n) is 4.24. The highest BCUT2D eigenvalue weighted by Gasteiger charge is 2.25. The number of amides is 1. The Bertz CT molecular complexity index is 419. The number of rotatable bonds is 5. The molecule has 7 nitrogen and oxygen atoms in total. The number of hydrogen-bond donors (Lipinski definition) is 3. The second kappa shape index (κ2) is 4.86. The summed E-state index contributed by atoms with van der Waals surface area (Å²) in [7, 11) is 1.47. The van der Waals surface area contributed by atoms with Crippen molar-refractivity contribution in [3.05, 3.63) is 6.33 Å². The first-order valence-electron chi connectivity index (χ1n) is 5.06. The van der Waals surface area contributed by atoms with Gasteiger partial charge in [-0.3, -0.25) is 4.79 Å². The lowest BCUT2D eigenvalue weighted by Crippen LogP contribution is -2.37. The molecule has 0 saturated carbocycles. The maximum atomic E-state index is 11.2. The zero-order valence-electron chi connectivity index (χ0n) is 10.2. The van der Waals surface area contributed by atoms with Gasteiger partial charge in [-0.2, -0.15) is 0 Å². The van der Waals surface area contributed by atoms with Gasteiger partial charge in [0.1, 0.15) is 6.33 Å².